The summed E-state index contributed by atoms with van der Waals surface area (Å²) >= 11 is 9.05. The Kier molecular flexibility index (Phi) is 4.65. The SMILES string of the molecule is Cc1sc(CCl)cc1S(=O)(=O)N1CCSCC1C. The van der Waals surface area contributed by atoms with Crippen LogP contribution >= 0.6 is 34.7 Å². The van der Waals surface area contributed by atoms with Crippen molar-refractivity contribution < 1.29 is 8.42 Å². The van der Waals surface area contributed by atoms with Crippen molar-refractivity contribution in [2.45, 2.75) is 30.7 Å². The van der Waals surface area contributed by atoms with Gasteiger partial charge in [-0.15, -0.1) is 22.9 Å². The van der Waals surface area contributed by atoms with Crippen LogP contribution in [0.25, 0.3) is 0 Å². The van der Waals surface area contributed by atoms with Crippen molar-refractivity contribution in [1.29, 1.82) is 0 Å². The molecular formula is C11H16ClNO2S3. The Morgan fingerprint density at radius 3 is 2.83 bits per heavy atom. The van der Waals surface area contributed by atoms with Crippen molar-refractivity contribution in [1.82, 2.24) is 4.31 Å². The van der Waals surface area contributed by atoms with Gasteiger partial charge in [-0.1, -0.05) is 0 Å². The summed E-state index contributed by atoms with van der Waals surface area (Å²) in [6, 6.07) is 1.78. The first kappa shape index (κ1) is 14.7. The number of nitrogens with zero attached hydrogens (tertiary/aromatic N) is 1. The second-order valence-corrected chi connectivity index (χ2v) is 8.92. The highest BCUT2D eigenvalue weighted by atomic mass is 35.5. The van der Waals surface area contributed by atoms with Crippen LogP contribution in [0.15, 0.2) is 11.0 Å². The van der Waals surface area contributed by atoms with Gasteiger partial charge in [0.25, 0.3) is 0 Å². The fourth-order valence-electron chi connectivity index (χ4n) is 2.04. The molecule has 0 aliphatic carbocycles. The molecule has 1 aliphatic heterocycles. The Morgan fingerprint density at radius 1 is 1.56 bits per heavy atom. The summed E-state index contributed by atoms with van der Waals surface area (Å²) in [5.74, 6) is 2.10. The fourth-order valence-corrected chi connectivity index (χ4v) is 6.59. The molecule has 0 saturated carbocycles. The molecule has 0 bridgehead atoms. The molecule has 1 unspecified atom stereocenters. The lowest BCUT2D eigenvalue weighted by molar-refractivity contribution is 0.367. The fraction of sp³-hybridized carbons (Fsp3) is 0.636. The minimum Gasteiger partial charge on any atom is -0.207 e. The van der Waals surface area contributed by atoms with Crippen LogP contribution < -0.4 is 0 Å². The topological polar surface area (TPSA) is 37.4 Å². The van der Waals surface area contributed by atoms with Crippen LogP contribution in [0.3, 0.4) is 0 Å². The van der Waals surface area contributed by atoms with Gasteiger partial charge in [0.05, 0.1) is 10.8 Å². The van der Waals surface area contributed by atoms with Crippen LogP contribution in [-0.4, -0.2) is 36.8 Å². The molecule has 0 radical (unpaired) electrons. The third-order valence-electron chi connectivity index (χ3n) is 2.95. The van der Waals surface area contributed by atoms with E-state index in [4.69, 9.17) is 11.6 Å². The molecular weight excluding hydrogens is 310 g/mol. The van der Waals surface area contributed by atoms with E-state index in [1.165, 1.54) is 11.3 Å². The summed E-state index contributed by atoms with van der Waals surface area (Å²) < 4.78 is 26.9. The second-order valence-electron chi connectivity index (χ2n) is 4.31. The van der Waals surface area contributed by atoms with Gasteiger partial charge in [0.1, 0.15) is 0 Å². The van der Waals surface area contributed by atoms with Crippen LogP contribution in [0.2, 0.25) is 0 Å². The first-order chi connectivity index (χ1) is 8.46. The van der Waals surface area contributed by atoms with Gasteiger partial charge in [-0.3, -0.25) is 0 Å². The molecule has 0 N–H and O–H groups in total. The number of sulfonamides is 1. The van der Waals surface area contributed by atoms with Crippen molar-refractivity contribution in [2.75, 3.05) is 18.1 Å². The maximum atomic E-state index is 12.6. The van der Waals surface area contributed by atoms with Crippen molar-refractivity contribution >= 4 is 44.7 Å². The smallest absolute Gasteiger partial charge is 0.207 e. The van der Waals surface area contributed by atoms with Crippen molar-refractivity contribution in [3.05, 3.63) is 15.8 Å². The molecule has 1 aromatic heterocycles. The maximum Gasteiger partial charge on any atom is 0.244 e. The van der Waals surface area contributed by atoms with Gasteiger partial charge in [0.15, 0.2) is 0 Å². The van der Waals surface area contributed by atoms with Gasteiger partial charge in [0.2, 0.25) is 10.0 Å². The zero-order chi connectivity index (χ0) is 13.3. The number of thioether (sulfide) groups is 1. The Labute approximate surface area is 122 Å². The molecule has 2 rings (SSSR count). The third-order valence-corrected chi connectivity index (χ3v) is 7.90. The average Bonchev–Trinajstić information content (AvgIpc) is 2.71. The largest absolute Gasteiger partial charge is 0.244 e. The van der Waals surface area contributed by atoms with Crippen molar-refractivity contribution in [3.63, 3.8) is 0 Å². The third kappa shape index (κ3) is 2.72. The van der Waals surface area contributed by atoms with Crippen molar-refractivity contribution in [2.24, 2.45) is 0 Å². The highest BCUT2D eigenvalue weighted by molar-refractivity contribution is 7.99. The van der Waals surface area contributed by atoms with E-state index < -0.39 is 10.0 Å². The lowest BCUT2D eigenvalue weighted by atomic mass is 10.4. The number of halogens is 1. The van der Waals surface area contributed by atoms with E-state index in [9.17, 15) is 8.42 Å². The van der Waals surface area contributed by atoms with Crippen LogP contribution in [0.4, 0.5) is 0 Å². The molecule has 1 saturated heterocycles. The number of alkyl halides is 1. The zero-order valence-corrected chi connectivity index (χ0v) is 13.6. The summed E-state index contributed by atoms with van der Waals surface area (Å²) in [7, 11) is -3.36. The molecule has 102 valence electrons. The molecule has 0 amide bonds. The molecule has 7 heteroatoms. The average molecular weight is 326 g/mol. The Balaban J connectivity index is 2.37. The van der Waals surface area contributed by atoms with Crippen LogP contribution in [-0.2, 0) is 15.9 Å². The number of aryl methyl sites for hydroxylation is 1. The molecule has 1 fully saturated rings. The molecule has 0 spiro atoms. The van der Waals surface area contributed by atoms with Gasteiger partial charge in [-0.05, 0) is 19.9 Å². The number of rotatable bonds is 3. The minimum atomic E-state index is -3.36. The van der Waals surface area contributed by atoms with Gasteiger partial charge < -0.3 is 0 Å². The van der Waals surface area contributed by atoms with Crippen LogP contribution in [0.5, 0.6) is 0 Å². The monoisotopic (exact) mass is 325 g/mol. The van der Waals surface area contributed by atoms with Gasteiger partial charge in [0, 0.05) is 33.8 Å². The summed E-state index contributed by atoms with van der Waals surface area (Å²) in [6.45, 7) is 4.41. The maximum absolute atomic E-state index is 12.6. The number of hydrogen-bond acceptors (Lipinski definition) is 4. The predicted octanol–water partition coefficient (Wildman–Crippen LogP) is 2.92. The molecule has 1 aliphatic rings. The summed E-state index contributed by atoms with van der Waals surface area (Å²) in [5, 5.41) is 0. The van der Waals surface area contributed by atoms with E-state index in [-0.39, 0.29) is 6.04 Å². The van der Waals surface area contributed by atoms with E-state index >= 15 is 0 Å². The lowest BCUT2D eigenvalue weighted by Gasteiger charge is -2.31. The highest BCUT2D eigenvalue weighted by Crippen LogP contribution is 2.31. The second kappa shape index (κ2) is 5.71. The normalized spacial score (nSPS) is 22.3. The molecule has 18 heavy (non-hydrogen) atoms. The van der Waals surface area contributed by atoms with Gasteiger partial charge >= 0.3 is 0 Å². The van der Waals surface area contributed by atoms with Gasteiger partial charge in [-0.25, -0.2) is 8.42 Å². The Bertz CT molecular complexity index is 526. The van der Waals surface area contributed by atoms with Crippen LogP contribution in [0, 0.1) is 6.92 Å². The highest BCUT2D eigenvalue weighted by Gasteiger charge is 2.33. The van der Waals surface area contributed by atoms with E-state index in [1.54, 1.807) is 10.4 Å². The summed E-state index contributed by atoms with van der Waals surface area (Å²) in [6.07, 6.45) is 0. The van der Waals surface area contributed by atoms with E-state index in [2.05, 4.69) is 0 Å². The minimum absolute atomic E-state index is 0.0625. The van der Waals surface area contributed by atoms with E-state index in [0.29, 0.717) is 17.3 Å². The molecule has 3 nitrogen and oxygen atoms in total. The number of thiophene rings is 1. The van der Waals surface area contributed by atoms with Gasteiger partial charge in [-0.2, -0.15) is 16.1 Å². The Hall–Kier alpha value is 0.250. The molecule has 2 heterocycles. The summed E-state index contributed by atoms with van der Waals surface area (Å²) in [5.41, 5.74) is 0. The predicted molar refractivity (Wildman–Crippen MR) is 79.3 cm³/mol. The van der Waals surface area contributed by atoms with E-state index in [1.807, 2.05) is 25.6 Å². The molecule has 1 atom stereocenters. The van der Waals surface area contributed by atoms with E-state index in [0.717, 1.165) is 21.3 Å². The first-order valence-corrected chi connectivity index (χ1v) is 9.66. The number of hydrogen-bond donors (Lipinski definition) is 0. The van der Waals surface area contributed by atoms with Crippen LogP contribution in [0.1, 0.15) is 16.7 Å². The standard InChI is InChI=1S/C11H16ClNO2S3/c1-8-7-16-4-3-13(8)18(14,15)11-5-10(6-12)17-9(11)2/h5,8H,3-4,6-7H2,1-2H3. The first-order valence-electron chi connectivity index (χ1n) is 5.71. The Morgan fingerprint density at radius 2 is 2.28 bits per heavy atom. The zero-order valence-electron chi connectivity index (χ0n) is 10.3. The lowest BCUT2D eigenvalue weighted by Crippen LogP contribution is -2.44. The molecule has 0 aromatic carbocycles. The molecule has 1 aromatic rings. The summed E-state index contributed by atoms with van der Waals surface area (Å²) in [4.78, 5) is 2.17. The quantitative estimate of drug-likeness (QED) is 0.802. The van der Waals surface area contributed by atoms with Crippen molar-refractivity contribution in [3.8, 4) is 0 Å².